The fourth-order valence-corrected chi connectivity index (χ4v) is 2.62. The molecular weight excluding hydrogens is 240 g/mol. The van der Waals surface area contributed by atoms with Crippen molar-refractivity contribution in [3.05, 3.63) is 28.7 Å². The molecule has 2 rings (SSSR count). The molecule has 0 atom stereocenters. The number of pyridine rings is 1. The molecule has 1 aromatic rings. The number of nitrogens with zero attached hydrogens (tertiary/aromatic N) is 1. The second kappa shape index (κ2) is 6.75. The van der Waals surface area contributed by atoms with E-state index < -0.39 is 0 Å². The Morgan fingerprint density at radius 1 is 1.32 bits per heavy atom. The molecule has 1 saturated carbocycles. The van der Waals surface area contributed by atoms with E-state index in [1.807, 2.05) is 12.3 Å². The topological polar surface area (TPSA) is 43.3 Å². The fraction of sp³-hybridized carbons (Fsp3) is 0.667. The molecule has 4 nitrogen and oxygen atoms in total. The largest absolute Gasteiger partial charge is 0.383 e. The molecular formula is C15H24N2O2. The molecule has 0 amide bonds. The van der Waals surface area contributed by atoms with Crippen molar-refractivity contribution in [1.82, 2.24) is 4.57 Å². The first kappa shape index (κ1) is 14.1. The Morgan fingerprint density at radius 3 is 2.74 bits per heavy atom. The predicted molar refractivity (Wildman–Crippen MR) is 77.6 cm³/mol. The van der Waals surface area contributed by atoms with Gasteiger partial charge in [0.05, 0.1) is 12.3 Å². The zero-order valence-corrected chi connectivity index (χ0v) is 11.9. The summed E-state index contributed by atoms with van der Waals surface area (Å²) in [5.41, 5.74) is 1.06. The minimum absolute atomic E-state index is 0.0277. The Kier molecular flexibility index (Phi) is 5.02. The van der Waals surface area contributed by atoms with Gasteiger partial charge in [-0.2, -0.15) is 0 Å². The zero-order valence-electron chi connectivity index (χ0n) is 11.9. The summed E-state index contributed by atoms with van der Waals surface area (Å²) in [6.07, 6.45) is 6.93. The van der Waals surface area contributed by atoms with Gasteiger partial charge in [0.2, 0.25) is 0 Å². The van der Waals surface area contributed by atoms with Gasteiger partial charge in [0.15, 0.2) is 0 Å². The molecule has 1 heterocycles. The number of rotatable bonds is 5. The summed E-state index contributed by atoms with van der Waals surface area (Å²) in [6, 6.07) is 4.05. The van der Waals surface area contributed by atoms with Gasteiger partial charge >= 0.3 is 0 Å². The van der Waals surface area contributed by atoms with E-state index in [1.165, 1.54) is 25.7 Å². The molecule has 0 spiro atoms. The lowest BCUT2D eigenvalue weighted by Gasteiger charge is -2.27. The van der Waals surface area contributed by atoms with Crippen molar-refractivity contribution < 1.29 is 4.74 Å². The molecule has 1 aliphatic carbocycles. The second-order valence-corrected chi connectivity index (χ2v) is 5.54. The van der Waals surface area contributed by atoms with Crippen LogP contribution in [-0.4, -0.2) is 24.3 Å². The monoisotopic (exact) mass is 264 g/mol. The first-order valence-corrected chi connectivity index (χ1v) is 7.15. The van der Waals surface area contributed by atoms with Gasteiger partial charge in [0.25, 0.3) is 5.56 Å². The van der Waals surface area contributed by atoms with Crippen molar-refractivity contribution in [2.45, 2.75) is 45.2 Å². The van der Waals surface area contributed by atoms with Crippen LogP contribution < -0.4 is 10.9 Å². The predicted octanol–water partition coefficient (Wildman–Crippen LogP) is 2.49. The van der Waals surface area contributed by atoms with Crippen LogP contribution in [0.15, 0.2) is 23.1 Å². The van der Waals surface area contributed by atoms with Gasteiger partial charge in [-0.15, -0.1) is 0 Å². The van der Waals surface area contributed by atoms with Crippen molar-refractivity contribution >= 4 is 5.69 Å². The normalized spacial score (nSPS) is 23.3. The number of aromatic nitrogens is 1. The third kappa shape index (κ3) is 4.10. The maximum absolute atomic E-state index is 11.7. The highest BCUT2D eigenvalue weighted by Gasteiger charge is 2.17. The van der Waals surface area contributed by atoms with Gasteiger partial charge in [0.1, 0.15) is 0 Å². The number of hydrogen-bond donors (Lipinski definition) is 1. The van der Waals surface area contributed by atoms with Crippen LogP contribution >= 0.6 is 0 Å². The lowest BCUT2D eigenvalue weighted by atomic mass is 9.87. The highest BCUT2D eigenvalue weighted by atomic mass is 16.5. The molecule has 0 bridgehead atoms. The smallest absolute Gasteiger partial charge is 0.250 e. The van der Waals surface area contributed by atoms with Crippen LogP contribution in [-0.2, 0) is 11.3 Å². The van der Waals surface area contributed by atoms with Gasteiger partial charge in [-0.25, -0.2) is 0 Å². The summed E-state index contributed by atoms with van der Waals surface area (Å²) >= 11 is 0. The number of methoxy groups -OCH3 is 1. The summed E-state index contributed by atoms with van der Waals surface area (Å²) in [5.74, 6) is 0.855. The van der Waals surface area contributed by atoms with Gasteiger partial charge in [-0.3, -0.25) is 4.79 Å². The molecule has 0 aromatic carbocycles. The van der Waals surface area contributed by atoms with Gasteiger partial charge in [-0.05, 0) is 37.7 Å². The van der Waals surface area contributed by atoms with Crippen molar-refractivity contribution in [3.8, 4) is 0 Å². The van der Waals surface area contributed by atoms with Crippen molar-refractivity contribution in [2.24, 2.45) is 5.92 Å². The van der Waals surface area contributed by atoms with E-state index in [0.29, 0.717) is 19.2 Å². The van der Waals surface area contributed by atoms with Crippen LogP contribution in [0, 0.1) is 5.92 Å². The van der Waals surface area contributed by atoms with Crippen LogP contribution in [0.4, 0.5) is 5.69 Å². The van der Waals surface area contributed by atoms with E-state index in [1.54, 1.807) is 17.7 Å². The molecule has 0 unspecified atom stereocenters. The Hall–Kier alpha value is -1.29. The van der Waals surface area contributed by atoms with E-state index in [2.05, 4.69) is 12.2 Å². The number of hydrogen-bond acceptors (Lipinski definition) is 3. The Bertz CT molecular complexity index is 448. The van der Waals surface area contributed by atoms with Gasteiger partial charge in [-0.1, -0.05) is 6.92 Å². The first-order valence-electron chi connectivity index (χ1n) is 7.15. The molecule has 0 aliphatic heterocycles. The Morgan fingerprint density at radius 2 is 2.05 bits per heavy atom. The minimum Gasteiger partial charge on any atom is -0.383 e. The third-order valence-electron chi connectivity index (χ3n) is 3.91. The third-order valence-corrected chi connectivity index (χ3v) is 3.91. The Balaban J connectivity index is 1.98. The van der Waals surface area contributed by atoms with E-state index >= 15 is 0 Å². The van der Waals surface area contributed by atoms with E-state index in [-0.39, 0.29) is 5.56 Å². The zero-order chi connectivity index (χ0) is 13.7. The molecule has 19 heavy (non-hydrogen) atoms. The van der Waals surface area contributed by atoms with Crippen LogP contribution in [0.2, 0.25) is 0 Å². The van der Waals surface area contributed by atoms with E-state index in [0.717, 1.165) is 11.6 Å². The molecule has 1 N–H and O–H groups in total. The first-order chi connectivity index (χ1) is 9.19. The van der Waals surface area contributed by atoms with Crippen molar-refractivity contribution in [1.29, 1.82) is 0 Å². The van der Waals surface area contributed by atoms with Gasteiger partial charge in [0, 0.05) is 32.0 Å². The summed E-state index contributed by atoms with van der Waals surface area (Å²) in [7, 11) is 1.65. The number of ether oxygens (including phenoxy) is 1. The lowest BCUT2D eigenvalue weighted by molar-refractivity contribution is 0.186. The highest BCUT2D eigenvalue weighted by molar-refractivity contribution is 5.41. The average molecular weight is 264 g/mol. The SMILES string of the molecule is COCCn1cc(NC2CCC(C)CC2)ccc1=O. The molecule has 1 aliphatic rings. The second-order valence-electron chi connectivity index (χ2n) is 5.54. The summed E-state index contributed by atoms with van der Waals surface area (Å²) in [6.45, 7) is 3.48. The number of anilines is 1. The minimum atomic E-state index is 0.0277. The maximum atomic E-state index is 11.7. The molecule has 106 valence electrons. The molecule has 0 radical (unpaired) electrons. The van der Waals surface area contributed by atoms with Crippen LogP contribution in [0.3, 0.4) is 0 Å². The molecule has 4 heteroatoms. The summed E-state index contributed by atoms with van der Waals surface area (Å²) < 4.78 is 6.73. The number of nitrogens with one attached hydrogen (secondary N) is 1. The van der Waals surface area contributed by atoms with Gasteiger partial charge < -0.3 is 14.6 Å². The van der Waals surface area contributed by atoms with Crippen LogP contribution in [0.1, 0.15) is 32.6 Å². The fourth-order valence-electron chi connectivity index (χ4n) is 2.62. The van der Waals surface area contributed by atoms with Crippen molar-refractivity contribution in [3.63, 3.8) is 0 Å². The molecule has 1 fully saturated rings. The Labute approximate surface area is 114 Å². The quantitative estimate of drug-likeness (QED) is 0.888. The average Bonchev–Trinajstić information content (AvgIpc) is 2.42. The highest BCUT2D eigenvalue weighted by Crippen LogP contribution is 2.25. The van der Waals surface area contributed by atoms with Crippen LogP contribution in [0.25, 0.3) is 0 Å². The van der Waals surface area contributed by atoms with Crippen molar-refractivity contribution in [2.75, 3.05) is 19.0 Å². The van der Waals surface area contributed by atoms with E-state index in [4.69, 9.17) is 4.74 Å². The molecule has 1 aromatic heterocycles. The summed E-state index contributed by atoms with van der Waals surface area (Å²) in [4.78, 5) is 11.7. The summed E-state index contributed by atoms with van der Waals surface area (Å²) in [5, 5.41) is 3.54. The lowest BCUT2D eigenvalue weighted by Crippen LogP contribution is -2.27. The molecule has 0 saturated heterocycles. The standard InChI is InChI=1S/C15H24N2O2/c1-12-3-5-13(6-4-12)16-14-7-8-15(18)17(11-14)9-10-19-2/h7-8,11-13,16H,3-6,9-10H2,1-2H3. The maximum Gasteiger partial charge on any atom is 0.250 e. The van der Waals surface area contributed by atoms with Crippen LogP contribution in [0.5, 0.6) is 0 Å². The van der Waals surface area contributed by atoms with E-state index in [9.17, 15) is 4.79 Å².